The number of rotatable bonds is 6. The van der Waals surface area contributed by atoms with Crippen molar-refractivity contribution >= 4 is 41.0 Å². The van der Waals surface area contributed by atoms with Crippen LogP contribution < -0.4 is 5.32 Å². The molecule has 3 aromatic rings. The van der Waals surface area contributed by atoms with Crippen molar-refractivity contribution in [3.05, 3.63) is 58.1 Å². The van der Waals surface area contributed by atoms with E-state index in [4.69, 9.17) is 28.3 Å². The topological polar surface area (TPSA) is 115 Å². The zero-order valence-electron chi connectivity index (χ0n) is 14.0. The Kier molecular flexibility index (Phi) is 5.43. The smallest absolute Gasteiger partial charge is 0.338 e. The molecule has 0 saturated carbocycles. The lowest BCUT2D eigenvalue weighted by atomic mass is 10.2. The summed E-state index contributed by atoms with van der Waals surface area (Å²) in [6.07, 6.45) is 3.93. The van der Waals surface area contributed by atoms with E-state index in [-0.39, 0.29) is 11.5 Å². The van der Waals surface area contributed by atoms with E-state index in [0.29, 0.717) is 16.6 Å². The molecule has 0 saturated heterocycles. The zero-order chi connectivity index (χ0) is 19.6. The third kappa shape index (κ3) is 4.44. The van der Waals surface area contributed by atoms with Gasteiger partial charge in [-0.25, -0.2) is 14.5 Å². The fourth-order valence-corrected chi connectivity index (χ4v) is 2.57. The highest BCUT2D eigenvalue weighted by atomic mass is 35.5. The number of anilines is 1. The second-order valence-electron chi connectivity index (χ2n) is 5.69. The Labute approximate surface area is 163 Å². The Hall–Kier alpha value is -2.91. The number of nitrogens with zero attached hydrogens (tertiary/aromatic N) is 5. The molecule has 0 aliphatic carbocycles. The number of carbonyl (C=O) groups excluding carboxylic acids is 1. The molecule has 1 aromatic carbocycles. The summed E-state index contributed by atoms with van der Waals surface area (Å²) in [5.41, 5.74) is 0.872. The van der Waals surface area contributed by atoms with Gasteiger partial charge in [-0.1, -0.05) is 29.3 Å². The molecule has 1 atom stereocenters. The highest BCUT2D eigenvalue weighted by molar-refractivity contribution is 6.42. The molecule has 11 heteroatoms. The molecule has 140 valence electrons. The van der Waals surface area contributed by atoms with Crippen LogP contribution >= 0.6 is 23.2 Å². The minimum absolute atomic E-state index is 0.00122. The maximum absolute atomic E-state index is 12.3. The minimum Gasteiger partial charge on any atom is -0.478 e. The average molecular weight is 409 g/mol. The molecule has 2 N–H and O–H groups in total. The van der Waals surface area contributed by atoms with Gasteiger partial charge in [-0.3, -0.25) is 14.8 Å². The zero-order valence-corrected chi connectivity index (χ0v) is 15.5. The van der Waals surface area contributed by atoms with Crippen LogP contribution in [-0.4, -0.2) is 41.5 Å². The van der Waals surface area contributed by atoms with Crippen LogP contribution in [0.25, 0.3) is 0 Å². The first-order valence-electron chi connectivity index (χ1n) is 7.75. The van der Waals surface area contributed by atoms with Gasteiger partial charge < -0.3 is 5.11 Å². The second-order valence-corrected chi connectivity index (χ2v) is 6.51. The van der Waals surface area contributed by atoms with Crippen LogP contribution in [0.4, 0.5) is 5.95 Å². The van der Waals surface area contributed by atoms with Crippen LogP contribution in [-0.2, 0) is 11.3 Å². The van der Waals surface area contributed by atoms with Crippen molar-refractivity contribution in [3.63, 3.8) is 0 Å². The van der Waals surface area contributed by atoms with E-state index in [0.717, 1.165) is 5.56 Å². The van der Waals surface area contributed by atoms with E-state index in [1.165, 1.54) is 28.1 Å². The average Bonchev–Trinajstić information content (AvgIpc) is 3.27. The van der Waals surface area contributed by atoms with Gasteiger partial charge in [0.25, 0.3) is 5.91 Å². The van der Waals surface area contributed by atoms with E-state index in [2.05, 4.69) is 20.5 Å². The largest absolute Gasteiger partial charge is 0.478 e. The molecule has 2 aromatic heterocycles. The summed E-state index contributed by atoms with van der Waals surface area (Å²) < 4.78 is 2.79. The number of carbonyl (C=O) groups is 2. The summed E-state index contributed by atoms with van der Waals surface area (Å²) in [4.78, 5) is 27.2. The molecule has 2 heterocycles. The van der Waals surface area contributed by atoms with Crippen LogP contribution in [0.1, 0.15) is 28.9 Å². The fourth-order valence-electron chi connectivity index (χ4n) is 2.25. The van der Waals surface area contributed by atoms with Gasteiger partial charge in [0.15, 0.2) is 0 Å². The molecule has 0 aliphatic heterocycles. The lowest BCUT2D eigenvalue weighted by molar-refractivity contribution is -0.119. The number of hydrogen-bond acceptors (Lipinski definition) is 5. The van der Waals surface area contributed by atoms with Gasteiger partial charge in [0.1, 0.15) is 12.4 Å². The van der Waals surface area contributed by atoms with Gasteiger partial charge in [0, 0.05) is 6.20 Å². The Bertz CT molecular complexity index is 1000. The molecule has 0 fully saturated rings. The van der Waals surface area contributed by atoms with E-state index < -0.39 is 17.9 Å². The van der Waals surface area contributed by atoms with Crippen LogP contribution in [0.5, 0.6) is 0 Å². The Morgan fingerprint density at radius 2 is 2.07 bits per heavy atom. The molecule has 1 unspecified atom stereocenters. The highest BCUT2D eigenvalue weighted by Gasteiger charge is 2.19. The van der Waals surface area contributed by atoms with Crippen molar-refractivity contribution < 1.29 is 14.7 Å². The highest BCUT2D eigenvalue weighted by Crippen LogP contribution is 2.23. The number of aromatic nitrogens is 5. The maximum atomic E-state index is 12.3. The molecule has 3 rings (SSSR count). The SMILES string of the molecule is CC(C(=O)Nc1ncn(Cc2ccc(Cl)c(Cl)c2)n1)n1cc(C(=O)O)cn1. The molecule has 9 nitrogen and oxygen atoms in total. The monoisotopic (exact) mass is 408 g/mol. The maximum Gasteiger partial charge on any atom is 0.338 e. The number of benzene rings is 1. The van der Waals surface area contributed by atoms with E-state index >= 15 is 0 Å². The van der Waals surface area contributed by atoms with Crippen molar-refractivity contribution in [2.45, 2.75) is 19.5 Å². The van der Waals surface area contributed by atoms with Crippen molar-refractivity contribution in [1.29, 1.82) is 0 Å². The summed E-state index contributed by atoms with van der Waals surface area (Å²) in [5, 5.41) is 20.5. The number of aromatic carboxylic acids is 1. The van der Waals surface area contributed by atoms with Crippen LogP contribution in [0.15, 0.2) is 36.9 Å². The van der Waals surface area contributed by atoms with E-state index in [1.54, 1.807) is 19.1 Å². The van der Waals surface area contributed by atoms with Gasteiger partial charge in [-0.2, -0.15) is 5.10 Å². The summed E-state index contributed by atoms with van der Waals surface area (Å²) in [5.74, 6) is -1.42. The molecule has 0 bridgehead atoms. The molecular weight excluding hydrogens is 395 g/mol. The van der Waals surface area contributed by atoms with Crippen molar-refractivity contribution in [2.75, 3.05) is 5.32 Å². The van der Waals surface area contributed by atoms with Crippen LogP contribution in [0.2, 0.25) is 10.0 Å². The summed E-state index contributed by atoms with van der Waals surface area (Å²) in [7, 11) is 0. The van der Waals surface area contributed by atoms with Crippen LogP contribution in [0, 0.1) is 0 Å². The van der Waals surface area contributed by atoms with Gasteiger partial charge in [0.2, 0.25) is 5.95 Å². The third-order valence-electron chi connectivity index (χ3n) is 3.72. The second kappa shape index (κ2) is 7.77. The first-order valence-corrected chi connectivity index (χ1v) is 8.51. The summed E-state index contributed by atoms with van der Waals surface area (Å²) in [6, 6.07) is 4.49. The minimum atomic E-state index is -1.11. The summed E-state index contributed by atoms with van der Waals surface area (Å²) in [6.45, 7) is 1.98. The fraction of sp³-hybridized carbons (Fsp3) is 0.188. The Morgan fingerprint density at radius 1 is 1.30 bits per heavy atom. The lowest BCUT2D eigenvalue weighted by Crippen LogP contribution is -2.24. The molecule has 1 amide bonds. The Morgan fingerprint density at radius 3 is 2.74 bits per heavy atom. The molecule has 27 heavy (non-hydrogen) atoms. The normalized spacial score (nSPS) is 12.0. The number of halogens is 2. The number of nitrogens with one attached hydrogen (secondary N) is 1. The van der Waals surface area contributed by atoms with E-state index in [1.807, 2.05) is 6.07 Å². The van der Waals surface area contributed by atoms with Crippen molar-refractivity contribution in [1.82, 2.24) is 24.5 Å². The van der Waals surface area contributed by atoms with Crippen molar-refractivity contribution in [2.24, 2.45) is 0 Å². The van der Waals surface area contributed by atoms with Gasteiger partial charge in [-0.05, 0) is 24.6 Å². The third-order valence-corrected chi connectivity index (χ3v) is 4.46. The standard InChI is InChI=1S/C16H14Cl2N6O3/c1-9(24-7-11(5-20-24)15(26)27)14(25)21-16-19-8-23(22-16)6-10-2-3-12(17)13(18)4-10/h2-5,7-9H,6H2,1H3,(H,26,27)(H,21,22,25). The van der Waals surface area contributed by atoms with Crippen molar-refractivity contribution in [3.8, 4) is 0 Å². The molecular formula is C16H14Cl2N6O3. The summed E-state index contributed by atoms with van der Waals surface area (Å²) >= 11 is 11.9. The van der Waals surface area contributed by atoms with E-state index in [9.17, 15) is 9.59 Å². The van der Waals surface area contributed by atoms with Gasteiger partial charge >= 0.3 is 5.97 Å². The van der Waals surface area contributed by atoms with Gasteiger partial charge in [0.05, 0.1) is 28.4 Å². The first kappa shape index (κ1) is 18.9. The first-order chi connectivity index (χ1) is 12.8. The molecule has 0 spiro atoms. The van der Waals surface area contributed by atoms with Crippen LogP contribution in [0.3, 0.4) is 0 Å². The Balaban J connectivity index is 1.64. The molecule has 0 radical (unpaired) electrons. The lowest BCUT2D eigenvalue weighted by Gasteiger charge is -2.10. The number of hydrogen-bond donors (Lipinski definition) is 2. The number of carboxylic acids is 1. The predicted octanol–water partition coefficient (Wildman–Crippen LogP) is 2.73. The predicted molar refractivity (Wildman–Crippen MR) is 98.1 cm³/mol. The number of carboxylic acid groups (broad SMARTS) is 1. The quantitative estimate of drug-likeness (QED) is 0.647. The molecule has 0 aliphatic rings. The number of amides is 1. The van der Waals surface area contributed by atoms with Gasteiger partial charge in [-0.15, -0.1) is 5.10 Å².